The SMILES string of the molecule is O=C(O)CN(CC(=O)O)C(CCCCNC(=O)CCS)C(=O)O. The highest BCUT2D eigenvalue weighted by molar-refractivity contribution is 7.80. The second-order valence-corrected chi connectivity index (χ2v) is 5.31. The highest BCUT2D eigenvalue weighted by atomic mass is 32.1. The summed E-state index contributed by atoms with van der Waals surface area (Å²) in [5.41, 5.74) is 0. The van der Waals surface area contributed by atoms with Crippen molar-refractivity contribution in [2.24, 2.45) is 0 Å². The van der Waals surface area contributed by atoms with Gasteiger partial charge in [0.15, 0.2) is 0 Å². The molecule has 0 saturated carbocycles. The van der Waals surface area contributed by atoms with Crippen molar-refractivity contribution in [1.82, 2.24) is 10.2 Å². The van der Waals surface area contributed by atoms with Crippen molar-refractivity contribution >= 4 is 36.4 Å². The fourth-order valence-corrected chi connectivity index (χ4v) is 2.17. The van der Waals surface area contributed by atoms with E-state index < -0.39 is 37.0 Å². The summed E-state index contributed by atoms with van der Waals surface area (Å²) >= 11 is 3.92. The van der Waals surface area contributed by atoms with Crippen LogP contribution in [0.4, 0.5) is 0 Å². The van der Waals surface area contributed by atoms with Crippen molar-refractivity contribution in [2.75, 3.05) is 25.4 Å². The quantitative estimate of drug-likeness (QED) is 0.221. The molecule has 132 valence electrons. The van der Waals surface area contributed by atoms with Gasteiger partial charge in [-0.25, -0.2) is 0 Å². The van der Waals surface area contributed by atoms with Gasteiger partial charge in [0.05, 0.1) is 13.1 Å². The molecule has 0 spiro atoms. The van der Waals surface area contributed by atoms with Crippen LogP contribution < -0.4 is 5.32 Å². The van der Waals surface area contributed by atoms with Crippen molar-refractivity contribution in [3.63, 3.8) is 0 Å². The second-order valence-electron chi connectivity index (χ2n) is 4.87. The number of hydrogen-bond acceptors (Lipinski definition) is 6. The fourth-order valence-electron chi connectivity index (χ4n) is 1.97. The number of carboxylic acids is 3. The number of aliphatic carboxylic acids is 3. The van der Waals surface area contributed by atoms with Crippen LogP contribution in [0.25, 0.3) is 0 Å². The van der Waals surface area contributed by atoms with Crippen molar-refractivity contribution in [2.45, 2.75) is 31.7 Å². The van der Waals surface area contributed by atoms with Crippen molar-refractivity contribution in [3.05, 3.63) is 0 Å². The Morgan fingerprint density at radius 2 is 1.57 bits per heavy atom. The molecule has 0 rings (SSSR count). The lowest BCUT2D eigenvalue weighted by Crippen LogP contribution is -2.46. The van der Waals surface area contributed by atoms with Gasteiger partial charge in [-0.1, -0.05) is 0 Å². The lowest BCUT2D eigenvalue weighted by Gasteiger charge is -2.25. The van der Waals surface area contributed by atoms with E-state index in [1.54, 1.807) is 0 Å². The molecular formula is C13H22N2O7S. The van der Waals surface area contributed by atoms with Crippen LogP contribution in [0.1, 0.15) is 25.7 Å². The molecule has 0 heterocycles. The molecule has 1 amide bonds. The van der Waals surface area contributed by atoms with Gasteiger partial charge in [-0.2, -0.15) is 12.6 Å². The summed E-state index contributed by atoms with van der Waals surface area (Å²) < 4.78 is 0. The summed E-state index contributed by atoms with van der Waals surface area (Å²) in [5, 5.41) is 29.4. The first kappa shape index (κ1) is 21.2. The molecular weight excluding hydrogens is 328 g/mol. The van der Waals surface area contributed by atoms with E-state index in [-0.39, 0.29) is 12.3 Å². The van der Waals surface area contributed by atoms with E-state index in [9.17, 15) is 24.3 Å². The van der Waals surface area contributed by atoms with Gasteiger partial charge in [0, 0.05) is 13.0 Å². The van der Waals surface area contributed by atoms with E-state index in [2.05, 4.69) is 17.9 Å². The number of thiol groups is 1. The number of carbonyl (C=O) groups excluding carboxylic acids is 1. The normalized spacial score (nSPS) is 11.9. The summed E-state index contributed by atoms with van der Waals surface area (Å²) in [6.45, 7) is -0.958. The van der Waals surface area contributed by atoms with Crippen molar-refractivity contribution in [3.8, 4) is 0 Å². The Bertz CT molecular complexity index is 415. The third-order valence-corrected chi connectivity index (χ3v) is 3.19. The first-order chi connectivity index (χ1) is 10.8. The van der Waals surface area contributed by atoms with Gasteiger partial charge in [0.25, 0.3) is 0 Å². The number of hydrogen-bond donors (Lipinski definition) is 5. The molecule has 0 bridgehead atoms. The van der Waals surface area contributed by atoms with E-state index in [0.29, 0.717) is 31.6 Å². The zero-order chi connectivity index (χ0) is 17.8. The standard InChI is InChI=1S/C13H22N2O7S/c16-10(4-6-23)14-5-2-1-3-9(13(21)22)15(7-11(17)18)8-12(19)20/h9,23H,1-8H2,(H,14,16)(H,17,18)(H,19,20)(H,21,22). The number of nitrogens with zero attached hydrogens (tertiary/aromatic N) is 1. The third-order valence-electron chi connectivity index (χ3n) is 2.97. The summed E-state index contributed by atoms with van der Waals surface area (Å²) in [7, 11) is 0. The van der Waals surface area contributed by atoms with Crippen LogP contribution in [-0.2, 0) is 19.2 Å². The Kier molecular flexibility index (Phi) is 10.8. The molecule has 0 radical (unpaired) electrons. The minimum absolute atomic E-state index is 0.0956. The number of carbonyl (C=O) groups is 4. The average molecular weight is 350 g/mol. The van der Waals surface area contributed by atoms with Gasteiger partial charge >= 0.3 is 17.9 Å². The van der Waals surface area contributed by atoms with Gasteiger partial charge in [0.2, 0.25) is 5.91 Å². The van der Waals surface area contributed by atoms with Crippen LogP contribution in [-0.4, -0.2) is 75.5 Å². The summed E-state index contributed by atoms with van der Waals surface area (Å²) in [6, 6.07) is -1.20. The Hall–Kier alpha value is -1.81. The lowest BCUT2D eigenvalue weighted by atomic mass is 10.1. The van der Waals surface area contributed by atoms with Crippen LogP contribution in [0.2, 0.25) is 0 Å². The van der Waals surface area contributed by atoms with E-state index in [1.165, 1.54) is 0 Å². The molecule has 0 aromatic heterocycles. The maximum absolute atomic E-state index is 11.3. The van der Waals surface area contributed by atoms with Crippen molar-refractivity contribution in [1.29, 1.82) is 0 Å². The van der Waals surface area contributed by atoms with E-state index in [1.807, 2.05) is 0 Å². The topological polar surface area (TPSA) is 144 Å². The third kappa shape index (κ3) is 10.5. The van der Waals surface area contributed by atoms with E-state index in [0.717, 1.165) is 4.90 Å². The molecule has 10 heteroatoms. The smallest absolute Gasteiger partial charge is 0.320 e. The lowest BCUT2D eigenvalue weighted by molar-refractivity contribution is -0.149. The first-order valence-corrected chi connectivity index (χ1v) is 7.69. The molecule has 0 aromatic carbocycles. The summed E-state index contributed by atoms with van der Waals surface area (Å²) in [6.07, 6.45) is 1.31. The number of unbranched alkanes of at least 4 members (excludes halogenated alkanes) is 1. The predicted octanol–water partition coefficient (Wildman–Crippen LogP) is -0.483. The molecule has 0 aliphatic carbocycles. The largest absolute Gasteiger partial charge is 0.480 e. The summed E-state index contributed by atoms with van der Waals surface area (Å²) in [5.74, 6) is -3.57. The van der Waals surface area contributed by atoms with Gasteiger partial charge in [-0.05, 0) is 25.0 Å². The van der Waals surface area contributed by atoms with Gasteiger partial charge in [-0.15, -0.1) is 0 Å². The van der Waals surface area contributed by atoms with Crippen molar-refractivity contribution < 1.29 is 34.5 Å². The summed E-state index contributed by atoms with van der Waals surface area (Å²) in [4.78, 5) is 44.9. The molecule has 0 aliphatic rings. The number of nitrogens with one attached hydrogen (secondary N) is 1. The maximum Gasteiger partial charge on any atom is 0.320 e. The zero-order valence-corrected chi connectivity index (χ0v) is 13.5. The van der Waals surface area contributed by atoms with Crippen LogP contribution in [0.3, 0.4) is 0 Å². The fraction of sp³-hybridized carbons (Fsp3) is 0.692. The first-order valence-electron chi connectivity index (χ1n) is 7.06. The van der Waals surface area contributed by atoms with Gasteiger partial charge in [0.1, 0.15) is 6.04 Å². The molecule has 9 nitrogen and oxygen atoms in total. The number of carboxylic acid groups (broad SMARTS) is 3. The average Bonchev–Trinajstić information content (AvgIpc) is 2.40. The monoisotopic (exact) mass is 350 g/mol. The highest BCUT2D eigenvalue weighted by Gasteiger charge is 2.28. The Morgan fingerprint density at radius 3 is 2.00 bits per heavy atom. The van der Waals surface area contributed by atoms with Gasteiger partial charge in [-0.3, -0.25) is 24.1 Å². The van der Waals surface area contributed by atoms with Crippen LogP contribution in [0, 0.1) is 0 Å². The Labute approximate surface area is 139 Å². The predicted molar refractivity (Wildman–Crippen MR) is 83.6 cm³/mol. The van der Waals surface area contributed by atoms with E-state index in [4.69, 9.17) is 10.2 Å². The number of rotatable bonds is 13. The van der Waals surface area contributed by atoms with Crippen LogP contribution >= 0.6 is 12.6 Å². The molecule has 0 fully saturated rings. The Morgan fingerprint density at radius 1 is 1.00 bits per heavy atom. The molecule has 0 aromatic rings. The minimum atomic E-state index is -1.29. The zero-order valence-electron chi connectivity index (χ0n) is 12.6. The molecule has 1 atom stereocenters. The minimum Gasteiger partial charge on any atom is -0.480 e. The maximum atomic E-state index is 11.3. The molecule has 1 unspecified atom stereocenters. The molecule has 0 aliphatic heterocycles. The van der Waals surface area contributed by atoms with E-state index >= 15 is 0 Å². The molecule has 23 heavy (non-hydrogen) atoms. The highest BCUT2D eigenvalue weighted by Crippen LogP contribution is 2.09. The Balaban J connectivity index is 4.41. The van der Waals surface area contributed by atoms with Gasteiger partial charge < -0.3 is 20.6 Å². The molecule has 4 N–H and O–H groups in total. The molecule has 0 saturated heterocycles. The second kappa shape index (κ2) is 11.7. The number of amides is 1. The van der Waals surface area contributed by atoms with Crippen LogP contribution in [0.15, 0.2) is 0 Å². The van der Waals surface area contributed by atoms with Crippen LogP contribution in [0.5, 0.6) is 0 Å².